The number of carbonyl (C=O) groups is 1. The van der Waals surface area contributed by atoms with Crippen molar-refractivity contribution in [1.82, 2.24) is 5.43 Å². The van der Waals surface area contributed by atoms with Gasteiger partial charge in [-0.15, -0.1) is 0 Å². The SMILES string of the molecule is CCCCCCCCCCCCCCCCCC(=O)NN=Cc1cccc(F)c1. The molecule has 0 fully saturated rings. The molecular formula is C25H41FN2O. The molecule has 3 nitrogen and oxygen atoms in total. The van der Waals surface area contributed by atoms with E-state index in [1.807, 2.05) is 0 Å². The van der Waals surface area contributed by atoms with E-state index in [9.17, 15) is 9.18 Å². The maximum Gasteiger partial charge on any atom is 0.240 e. The Kier molecular flexibility index (Phi) is 16.0. The van der Waals surface area contributed by atoms with E-state index in [-0.39, 0.29) is 11.7 Å². The van der Waals surface area contributed by atoms with Crippen LogP contribution in [0.1, 0.15) is 115 Å². The molecule has 0 unspecified atom stereocenters. The molecule has 0 saturated heterocycles. The minimum atomic E-state index is -0.307. The predicted molar refractivity (Wildman–Crippen MR) is 122 cm³/mol. The normalized spacial score (nSPS) is 11.2. The molecule has 0 atom stereocenters. The zero-order valence-electron chi connectivity index (χ0n) is 18.4. The van der Waals surface area contributed by atoms with Crippen LogP contribution in [0.15, 0.2) is 29.4 Å². The van der Waals surface area contributed by atoms with E-state index in [0.29, 0.717) is 12.0 Å². The smallest absolute Gasteiger partial charge is 0.240 e. The van der Waals surface area contributed by atoms with Crippen LogP contribution in [-0.2, 0) is 4.79 Å². The number of amides is 1. The standard InChI is InChI=1S/C25H41FN2O/c1-2-3-4-5-6-7-8-9-10-11-12-13-14-15-16-20-25(29)28-27-22-23-18-17-19-24(26)21-23/h17-19,21-22H,2-16,20H2,1H3,(H,28,29). The Balaban J connectivity index is 1.84. The van der Waals surface area contributed by atoms with Gasteiger partial charge in [-0.2, -0.15) is 5.10 Å². The molecule has 164 valence electrons. The summed E-state index contributed by atoms with van der Waals surface area (Å²) in [4.78, 5) is 11.7. The van der Waals surface area contributed by atoms with Gasteiger partial charge in [-0.25, -0.2) is 9.82 Å². The monoisotopic (exact) mass is 404 g/mol. The summed E-state index contributed by atoms with van der Waals surface area (Å²) >= 11 is 0. The van der Waals surface area contributed by atoms with Gasteiger partial charge in [0.1, 0.15) is 5.82 Å². The summed E-state index contributed by atoms with van der Waals surface area (Å²) in [5.74, 6) is -0.384. The highest BCUT2D eigenvalue weighted by atomic mass is 19.1. The molecule has 0 aliphatic carbocycles. The molecule has 0 heterocycles. The van der Waals surface area contributed by atoms with Gasteiger partial charge < -0.3 is 0 Å². The number of rotatable bonds is 18. The maximum atomic E-state index is 13.0. The van der Waals surface area contributed by atoms with Crippen molar-refractivity contribution in [3.05, 3.63) is 35.6 Å². The Morgan fingerprint density at radius 1 is 0.862 bits per heavy atom. The van der Waals surface area contributed by atoms with Crippen LogP contribution in [0.25, 0.3) is 0 Å². The van der Waals surface area contributed by atoms with Crippen molar-refractivity contribution in [2.75, 3.05) is 0 Å². The molecule has 29 heavy (non-hydrogen) atoms. The van der Waals surface area contributed by atoms with Gasteiger partial charge in [-0.1, -0.05) is 109 Å². The first kappa shape index (κ1) is 25.3. The van der Waals surface area contributed by atoms with E-state index in [0.717, 1.165) is 12.8 Å². The van der Waals surface area contributed by atoms with Gasteiger partial charge in [0.2, 0.25) is 5.91 Å². The lowest BCUT2D eigenvalue weighted by Gasteiger charge is -2.03. The van der Waals surface area contributed by atoms with Crippen LogP contribution in [0, 0.1) is 5.82 Å². The van der Waals surface area contributed by atoms with E-state index >= 15 is 0 Å². The third-order valence-electron chi connectivity index (χ3n) is 5.26. The Morgan fingerprint density at radius 2 is 1.38 bits per heavy atom. The van der Waals surface area contributed by atoms with E-state index in [1.54, 1.807) is 12.1 Å². The predicted octanol–water partition coefficient (Wildman–Crippen LogP) is 7.54. The molecule has 1 N–H and O–H groups in total. The largest absolute Gasteiger partial charge is 0.273 e. The zero-order valence-corrected chi connectivity index (χ0v) is 18.4. The summed E-state index contributed by atoms with van der Waals surface area (Å²) in [5, 5.41) is 3.88. The molecule has 0 radical (unpaired) electrons. The van der Waals surface area contributed by atoms with E-state index in [1.165, 1.54) is 102 Å². The van der Waals surface area contributed by atoms with Crippen molar-refractivity contribution in [2.24, 2.45) is 5.10 Å². The fourth-order valence-electron chi connectivity index (χ4n) is 3.48. The fraction of sp³-hybridized carbons (Fsp3) is 0.680. The van der Waals surface area contributed by atoms with Gasteiger partial charge in [-0.3, -0.25) is 4.79 Å². The summed E-state index contributed by atoms with van der Waals surface area (Å²) in [7, 11) is 0. The van der Waals surface area contributed by atoms with Crippen LogP contribution >= 0.6 is 0 Å². The van der Waals surface area contributed by atoms with Crippen LogP contribution < -0.4 is 5.43 Å². The second-order valence-electron chi connectivity index (χ2n) is 8.05. The van der Waals surface area contributed by atoms with Crippen LogP contribution in [0.3, 0.4) is 0 Å². The fourth-order valence-corrected chi connectivity index (χ4v) is 3.48. The quantitative estimate of drug-likeness (QED) is 0.153. The Hall–Kier alpha value is -1.71. The number of unbranched alkanes of at least 4 members (excludes halogenated alkanes) is 14. The molecule has 1 amide bonds. The topological polar surface area (TPSA) is 41.5 Å². The molecule has 1 aromatic carbocycles. The van der Waals surface area contributed by atoms with Crippen LogP contribution in [0.2, 0.25) is 0 Å². The van der Waals surface area contributed by atoms with Crippen molar-refractivity contribution >= 4 is 12.1 Å². The number of halogens is 1. The summed E-state index contributed by atoms with van der Waals surface area (Å²) in [6.07, 6.45) is 21.7. The molecule has 0 aromatic heterocycles. The molecule has 4 heteroatoms. The van der Waals surface area contributed by atoms with Gasteiger partial charge in [0.25, 0.3) is 0 Å². The second-order valence-corrected chi connectivity index (χ2v) is 8.05. The third kappa shape index (κ3) is 15.8. The Bertz CT molecular complexity index is 560. The average Bonchev–Trinajstić information content (AvgIpc) is 2.71. The summed E-state index contributed by atoms with van der Waals surface area (Å²) in [6.45, 7) is 2.27. The highest BCUT2D eigenvalue weighted by Crippen LogP contribution is 2.13. The first-order valence-corrected chi connectivity index (χ1v) is 11.8. The number of hydrazone groups is 1. The number of benzene rings is 1. The van der Waals surface area contributed by atoms with Crippen LogP contribution in [0.4, 0.5) is 4.39 Å². The van der Waals surface area contributed by atoms with Crippen molar-refractivity contribution in [3.63, 3.8) is 0 Å². The molecular weight excluding hydrogens is 363 g/mol. The van der Waals surface area contributed by atoms with Crippen molar-refractivity contribution < 1.29 is 9.18 Å². The lowest BCUT2D eigenvalue weighted by atomic mass is 10.0. The minimum absolute atomic E-state index is 0.0765. The van der Waals surface area contributed by atoms with Gasteiger partial charge in [-0.05, 0) is 24.1 Å². The van der Waals surface area contributed by atoms with Gasteiger partial charge in [0.15, 0.2) is 0 Å². The van der Waals surface area contributed by atoms with Crippen molar-refractivity contribution in [3.8, 4) is 0 Å². The summed E-state index contributed by atoms with van der Waals surface area (Å²) in [6, 6.07) is 6.12. The molecule has 0 aliphatic heterocycles. The average molecular weight is 405 g/mol. The first-order chi connectivity index (χ1) is 14.2. The van der Waals surface area contributed by atoms with Crippen molar-refractivity contribution in [1.29, 1.82) is 0 Å². The first-order valence-electron chi connectivity index (χ1n) is 11.8. The molecule has 0 spiro atoms. The number of nitrogens with zero attached hydrogens (tertiary/aromatic N) is 1. The van der Waals surface area contributed by atoms with Gasteiger partial charge >= 0.3 is 0 Å². The Morgan fingerprint density at radius 3 is 1.90 bits per heavy atom. The van der Waals surface area contributed by atoms with Gasteiger partial charge in [0, 0.05) is 6.42 Å². The lowest BCUT2D eigenvalue weighted by Crippen LogP contribution is -2.16. The van der Waals surface area contributed by atoms with Crippen LogP contribution in [-0.4, -0.2) is 12.1 Å². The highest BCUT2D eigenvalue weighted by Gasteiger charge is 2.00. The van der Waals surface area contributed by atoms with Gasteiger partial charge in [0.05, 0.1) is 6.21 Å². The number of carbonyl (C=O) groups excluding carboxylic acids is 1. The Labute approximate surface area is 177 Å². The van der Waals surface area contributed by atoms with E-state index < -0.39 is 0 Å². The van der Waals surface area contributed by atoms with Crippen molar-refractivity contribution in [2.45, 2.75) is 110 Å². The second kappa shape index (κ2) is 18.3. The summed E-state index contributed by atoms with van der Waals surface area (Å²) in [5.41, 5.74) is 3.14. The number of hydrogen-bond acceptors (Lipinski definition) is 2. The molecule has 1 aromatic rings. The minimum Gasteiger partial charge on any atom is -0.273 e. The van der Waals surface area contributed by atoms with E-state index in [4.69, 9.17) is 0 Å². The maximum absolute atomic E-state index is 13.0. The highest BCUT2D eigenvalue weighted by molar-refractivity contribution is 5.82. The molecule has 0 saturated carbocycles. The molecule has 1 rings (SSSR count). The molecule has 0 aliphatic rings. The number of hydrogen-bond donors (Lipinski definition) is 1. The van der Waals surface area contributed by atoms with E-state index in [2.05, 4.69) is 17.5 Å². The molecule has 0 bridgehead atoms. The number of nitrogens with one attached hydrogen (secondary N) is 1. The van der Waals surface area contributed by atoms with Crippen LogP contribution in [0.5, 0.6) is 0 Å². The lowest BCUT2D eigenvalue weighted by molar-refractivity contribution is -0.121. The summed E-state index contributed by atoms with van der Waals surface area (Å²) < 4.78 is 13.0. The zero-order chi connectivity index (χ0) is 21.0. The third-order valence-corrected chi connectivity index (χ3v) is 5.26.